The lowest BCUT2D eigenvalue weighted by molar-refractivity contribution is -0.0114. The third kappa shape index (κ3) is 4.45. The molecule has 2 heterocycles. The normalized spacial score (nSPS) is 21.9. The lowest BCUT2D eigenvalue weighted by Gasteiger charge is -2.17. The van der Waals surface area contributed by atoms with E-state index in [2.05, 4.69) is 24.6 Å². The summed E-state index contributed by atoms with van der Waals surface area (Å²) in [4.78, 5) is 26.1. The number of hydrogen-bond acceptors (Lipinski definition) is 5. The highest BCUT2D eigenvalue weighted by molar-refractivity contribution is 8.03. The van der Waals surface area contributed by atoms with Crippen LogP contribution in [0.2, 0.25) is 25.7 Å². The lowest BCUT2D eigenvalue weighted by atomic mass is 10.3. The Morgan fingerprint density at radius 3 is 2.73 bits per heavy atom. The van der Waals surface area contributed by atoms with Gasteiger partial charge in [-0.15, -0.1) is 11.8 Å². The van der Waals surface area contributed by atoms with Gasteiger partial charge in [0.05, 0.1) is 6.61 Å². The molecule has 0 amide bonds. The molecular weight excluding hydrogens is 320 g/mol. The van der Waals surface area contributed by atoms with Gasteiger partial charge in [0.2, 0.25) is 0 Å². The summed E-state index contributed by atoms with van der Waals surface area (Å²) < 4.78 is 7.02. The molecule has 1 aliphatic rings. The molecular formula is C14H22N2O4SSi. The van der Waals surface area contributed by atoms with Gasteiger partial charge in [-0.1, -0.05) is 19.6 Å². The Morgan fingerprint density at radius 2 is 2.14 bits per heavy atom. The van der Waals surface area contributed by atoms with Crippen LogP contribution in [0.25, 0.3) is 0 Å². The summed E-state index contributed by atoms with van der Waals surface area (Å²) in [6.07, 6.45) is 2.26. The standard InChI is InChI=1S/C14H22N2O4SSi/c1-22(2,3)7-6-21-11-8-13(20-10(11)9-17)16-5-4-12(18)15-14(16)19/h4-5,8,10,13,17H,6-7,9H2,1-3H3,(H,15,18,19)/t10-,13-/m1/s1. The molecule has 122 valence electrons. The van der Waals surface area contributed by atoms with Gasteiger partial charge in [0.1, 0.15) is 6.10 Å². The van der Waals surface area contributed by atoms with Crippen molar-refractivity contribution < 1.29 is 9.84 Å². The zero-order chi connectivity index (χ0) is 16.3. The highest BCUT2D eigenvalue weighted by Crippen LogP contribution is 2.34. The molecule has 8 heteroatoms. The summed E-state index contributed by atoms with van der Waals surface area (Å²) in [5, 5.41) is 9.46. The number of hydrogen-bond donors (Lipinski definition) is 2. The van der Waals surface area contributed by atoms with Gasteiger partial charge < -0.3 is 9.84 Å². The number of aromatic nitrogens is 2. The first kappa shape index (κ1) is 17.3. The van der Waals surface area contributed by atoms with Gasteiger partial charge in [0.25, 0.3) is 5.56 Å². The van der Waals surface area contributed by atoms with Crippen molar-refractivity contribution in [3.05, 3.63) is 44.1 Å². The maximum Gasteiger partial charge on any atom is 0.330 e. The van der Waals surface area contributed by atoms with E-state index < -0.39 is 31.7 Å². The maximum absolute atomic E-state index is 11.8. The largest absolute Gasteiger partial charge is 0.393 e. The summed E-state index contributed by atoms with van der Waals surface area (Å²) in [7, 11) is -1.10. The van der Waals surface area contributed by atoms with Crippen LogP contribution in [0.4, 0.5) is 0 Å². The SMILES string of the molecule is C[Si](C)(C)CCSC1=C[C@H](n2ccc(=O)[nH]c2=O)O[C@@H]1CO. The van der Waals surface area contributed by atoms with Crippen molar-refractivity contribution >= 4 is 19.8 Å². The van der Waals surface area contributed by atoms with E-state index >= 15 is 0 Å². The molecule has 2 N–H and O–H groups in total. The van der Waals surface area contributed by atoms with Crippen molar-refractivity contribution in [3.63, 3.8) is 0 Å². The molecule has 2 atom stereocenters. The quantitative estimate of drug-likeness (QED) is 0.763. The van der Waals surface area contributed by atoms with E-state index in [0.717, 1.165) is 10.7 Å². The second-order valence-corrected chi connectivity index (χ2v) is 13.2. The average molecular weight is 342 g/mol. The van der Waals surface area contributed by atoms with Crippen LogP contribution >= 0.6 is 11.8 Å². The van der Waals surface area contributed by atoms with Gasteiger partial charge in [0.15, 0.2) is 6.23 Å². The first-order valence-corrected chi connectivity index (χ1v) is 11.9. The van der Waals surface area contributed by atoms with Crippen LogP contribution < -0.4 is 11.2 Å². The maximum atomic E-state index is 11.8. The fourth-order valence-corrected chi connectivity index (χ4v) is 5.67. The first-order chi connectivity index (χ1) is 10.3. The highest BCUT2D eigenvalue weighted by atomic mass is 32.2. The van der Waals surface area contributed by atoms with Crippen LogP contribution in [0.15, 0.2) is 32.8 Å². The number of nitrogens with zero attached hydrogens (tertiary/aromatic N) is 1. The number of rotatable bonds is 6. The highest BCUT2D eigenvalue weighted by Gasteiger charge is 2.28. The molecule has 0 unspecified atom stereocenters. The minimum atomic E-state index is -1.10. The predicted molar refractivity (Wildman–Crippen MR) is 91.0 cm³/mol. The molecule has 1 aliphatic heterocycles. The van der Waals surface area contributed by atoms with Gasteiger partial charge in [-0.05, 0) is 17.9 Å². The van der Waals surface area contributed by atoms with Crippen molar-refractivity contribution in [1.29, 1.82) is 0 Å². The van der Waals surface area contributed by atoms with Crippen molar-refractivity contribution in [2.45, 2.75) is 38.0 Å². The number of ether oxygens (including phenoxy) is 1. The molecule has 1 aromatic rings. The molecule has 0 saturated carbocycles. The fraction of sp³-hybridized carbons (Fsp3) is 0.571. The molecule has 0 aliphatic carbocycles. The van der Waals surface area contributed by atoms with Gasteiger partial charge in [-0.2, -0.15) is 0 Å². The molecule has 0 spiro atoms. The Morgan fingerprint density at radius 1 is 1.41 bits per heavy atom. The Kier molecular flexibility index (Phi) is 5.49. The van der Waals surface area contributed by atoms with Crippen LogP contribution in [0.5, 0.6) is 0 Å². The van der Waals surface area contributed by atoms with E-state index in [1.807, 2.05) is 6.08 Å². The molecule has 0 aromatic carbocycles. The minimum Gasteiger partial charge on any atom is -0.393 e. The zero-order valence-electron chi connectivity index (χ0n) is 13.0. The van der Waals surface area contributed by atoms with Crippen molar-refractivity contribution in [2.24, 2.45) is 0 Å². The van der Waals surface area contributed by atoms with E-state index in [9.17, 15) is 14.7 Å². The Balaban J connectivity index is 2.12. The zero-order valence-corrected chi connectivity index (χ0v) is 14.9. The Hall–Kier alpha value is -1.09. The van der Waals surface area contributed by atoms with Crippen LogP contribution in [0, 0.1) is 0 Å². The summed E-state index contributed by atoms with van der Waals surface area (Å²) in [5.41, 5.74) is -0.953. The molecule has 6 nitrogen and oxygen atoms in total. The van der Waals surface area contributed by atoms with E-state index in [0.29, 0.717) is 0 Å². The van der Waals surface area contributed by atoms with Gasteiger partial charge in [0, 0.05) is 25.2 Å². The number of H-pyrrole nitrogens is 1. The molecule has 0 radical (unpaired) electrons. The van der Waals surface area contributed by atoms with E-state index in [4.69, 9.17) is 4.74 Å². The number of nitrogens with one attached hydrogen (secondary N) is 1. The van der Waals surface area contributed by atoms with E-state index in [-0.39, 0.29) is 6.61 Å². The smallest absolute Gasteiger partial charge is 0.330 e. The monoisotopic (exact) mass is 342 g/mol. The average Bonchev–Trinajstić information content (AvgIpc) is 2.80. The third-order valence-corrected chi connectivity index (χ3v) is 6.59. The fourth-order valence-electron chi connectivity index (χ4n) is 2.05. The molecule has 0 saturated heterocycles. The van der Waals surface area contributed by atoms with Crippen LogP contribution in [0.3, 0.4) is 0 Å². The molecule has 2 rings (SSSR count). The minimum absolute atomic E-state index is 0.125. The molecule has 22 heavy (non-hydrogen) atoms. The third-order valence-electron chi connectivity index (χ3n) is 3.34. The van der Waals surface area contributed by atoms with Gasteiger partial charge in [-0.3, -0.25) is 14.3 Å². The number of aromatic amines is 1. The molecule has 1 aromatic heterocycles. The summed E-state index contributed by atoms with van der Waals surface area (Å²) in [5.74, 6) is 0.981. The summed E-state index contributed by atoms with van der Waals surface area (Å²) in [6.45, 7) is 6.83. The lowest BCUT2D eigenvalue weighted by Crippen LogP contribution is -2.32. The van der Waals surface area contributed by atoms with Crippen LogP contribution in [-0.4, -0.2) is 41.2 Å². The summed E-state index contributed by atoms with van der Waals surface area (Å²) in [6, 6.07) is 2.46. The number of aliphatic hydroxyl groups excluding tert-OH is 1. The van der Waals surface area contributed by atoms with Crippen LogP contribution in [0.1, 0.15) is 6.23 Å². The second kappa shape index (κ2) is 6.99. The summed E-state index contributed by atoms with van der Waals surface area (Å²) >= 11 is 1.67. The topological polar surface area (TPSA) is 84.3 Å². The van der Waals surface area contributed by atoms with Gasteiger partial charge in [-0.25, -0.2) is 4.79 Å². The van der Waals surface area contributed by atoms with Crippen molar-refractivity contribution in [2.75, 3.05) is 12.4 Å². The van der Waals surface area contributed by atoms with Crippen molar-refractivity contribution in [1.82, 2.24) is 9.55 Å². The van der Waals surface area contributed by atoms with Crippen LogP contribution in [-0.2, 0) is 4.74 Å². The Labute approximate surface area is 134 Å². The number of aliphatic hydroxyl groups is 1. The van der Waals surface area contributed by atoms with E-state index in [1.54, 1.807) is 11.8 Å². The second-order valence-electron chi connectivity index (χ2n) is 6.44. The Bertz CT molecular complexity index is 662. The molecule has 0 bridgehead atoms. The van der Waals surface area contributed by atoms with Crippen molar-refractivity contribution in [3.8, 4) is 0 Å². The van der Waals surface area contributed by atoms with E-state index in [1.165, 1.54) is 22.9 Å². The van der Waals surface area contributed by atoms with Gasteiger partial charge >= 0.3 is 5.69 Å². The first-order valence-electron chi connectivity index (χ1n) is 7.22. The molecule has 0 fully saturated rings. The number of thioether (sulfide) groups is 1. The predicted octanol–water partition coefficient (Wildman–Crippen LogP) is 1.38.